The van der Waals surface area contributed by atoms with Gasteiger partial charge in [-0.2, -0.15) is 0 Å². The molecule has 11 heteroatoms. The summed E-state index contributed by atoms with van der Waals surface area (Å²) in [6.07, 6.45) is 0. The zero-order valence-corrected chi connectivity index (χ0v) is 21.2. The molecule has 0 aliphatic carbocycles. The molecule has 0 fully saturated rings. The highest BCUT2D eigenvalue weighted by Crippen LogP contribution is 2.26. The molecule has 33 heavy (non-hydrogen) atoms. The number of aromatic nitrogens is 3. The lowest BCUT2D eigenvalue weighted by Gasteiger charge is -2.22. The molecule has 174 valence electrons. The minimum Gasteiger partial charge on any atom is -0.342 e. The second-order valence-electron chi connectivity index (χ2n) is 7.57. The van der Waals surface area contributed by atoms with Crippen LogP contribution in [0.25, 0.3) is 0 Å². The monoisotopic (exact) mass is 525 g/mol. The molecule has 2 amide bonds. The Morgan fingerprint density at radius 3 is 2.36 bits per heavy atom. The Labute approximate surface area is 211 Å². The van der Waals surface area contributed by atoms with E-state index in [4.69, 9.17) is 34.8 Å². The Balaban J connectivity index is 1.68. The topological polar surface area (TPSA) is 88.9 Å². The van der Waals surface area contributed by atoms with Gasteiger partial charge in [-0.1, -0.05) is 72.5 Å². The van der Waals surface area contributed by atoms with Crippen LogP contribution in [0, 0.1) is 5.92 Å². The van der Waals surface area contributed by atoms with Crippen LogP contribution < -0.4 is 10.6 Å². The van der Waals surface area contributed by atoms with Crippen molar-refractivity contribution in [2.45, 2.75) is 25.0 Å². The van der Waals surface area contributed by atoms with Crippen molar-refractivity contribution in [1.29, 1.82) is 0 Å². The van der Waals surface area contributed by atoms with Gasteiger partial charge in [0.2, 0.25) is 5.91 Å². The van der Waals surface area contributed by atoms with Gasteiger partial charge in [-0.15, -0.1) is 10.2 Å². The van der Waals surface area contributed by atoms with E-state index in [0.717, 1.165) is 0 Å². The summed E-state index contributed by atoms with van der Waals surface area (Å²) in [7, 11) is 1.79. The minimum absolute atomic E-state index is 0.0352. The summed E-state index contributed by atoms with van der Waals surface area (Å²) in [5.41, 5.74) is 0.901. The second-order valence-corrected chi connectivity index (χ2v) is 9.79. The summed E-state index contributed by atoms with van der Waals surface area (Å²) in [6.45, 7) is 3.95. The first kappa shape index (κ1) is 25.4. The Bertz CT molecular complexity index is 1150. The molecule has 0 aliphatic heterocycles. The molecule has 0 aliphatic rings. The normalized spacial score (nSPS) is 12.0. The standard InChI is InChI=1S/C22H22Cl3N5O2S/c1-12(2)19(27-21(32)16-6-4-5-7-17(16)25)20-28-29-22(30(20)3)33-11-18(31)26-15-9-13(23)8-14(24)10-15/h4-10,12,19H,11H2,1-3H3,(H,26,31)(H,27,32)/t19-/m1/s1. The van der Waals surface area contributed by atoms with Crippen LogP contribution in [-0.2, 0) is 11.8 Å². The van der Waals surface area contributed by atoms with E-state index in [-0.39, 0.29) is 23.5 Å². The molecule has 1 aromatic heterocycles. The number of anilines is 1. The zero-order chi connectivity index (χ0) is 24.1. The van der Waals surface area contributed by atoms with Gasteiger partial charge in [0.05, 0.1) is 22.4 Å². The van der Waals surface area contributed by atoms with Gasteiger partial charge >= 0.3 is 0 Å². The third-order valence-corrected chi connectivity index (χ3v) is 6.48. The third kappa shape index (κ3) is 6.63. The van der Waals surface area contributed by atoms with Gasteiger partial charge < -0.3 is 15.2 Å². The molecule has 0 radical (unpaired) electrons. The number of hydrogen-bond acceptors (Lipinski definition) is 5. The van der Waals surface area contributed by atoms with Crippen LogP contribution in [0.4, 0.5) is 5.69 Å². The molecule has 0 saturated heterocycles. The molecule has 3 rings (SSSR count). The Kier molecular flexibility index (Phi) is 8.64. The maximum Gasteiger partial charge on any atom is 0.253 e. The molecule has 0 bridgehead atoms. The summed E-state index contributed by atoms with van der Waals surface area (Å²) in [6, 6.07) is 11.3. The van der Waals surface area contributed by atoms with Crippen molar-refractivity contribution < 1.29 is 9.59 Å². The van der Waals surface area contributed by atoms with Crippen LogP contribution in [-0.4, -0.2) is 32.3 Å². The summed E-state index contributed by atoms with van der Waals surface area (Å²) >= 11 is 19.3. The smallest absolute Gasteiger partial charge is 0.253 e. The Morgan fingerprint density at radius 1 is 1.06 bits per heavy atom. The third-order valence-electron chi connectivity index (χ3n) is 4.70. The van der Waals surface area contributed by atoms with E-state index in [1.54, 1.807) is 54.1 Å². The zero-order valence-electron chi connectivity index (χ0n) is 18.1. The number of hydrogen-bond donors (Lipinski definition) is 2. The maximum atomic E-state index is 12.8. The number of carbonyl (C=O) groups excluding carboxylic acids is 2. The highest BCUT2D eigenvalue weighted by Gasteiger charge is 2.26. The summed E-state index contributed by atoms with van der Waals surface area (Å²) < 4.78 is 1.77. The van der Waals surface area contributed by atoms with Crippen molar-refractivity contribution >= 4 is 64.1 Å². The van der Waals surface area contributed by atoms with Crippen LogP contribution >= 0.6 is 46.6 Å². The molecule has 2 aromatic carbocycles. The number of rotatable bonds is 8. The number of thioether (sulfide) groups is 1. The van der Waals surface area contributed by atoms with Crippen molar-refractivity contribution in [3.63, 3.8) is 0 Å². The highest BCUT2D eigenvalue weighted by atomic mass is 35.5. The summed E-state index contributed by atoms with van der Waals surface area (Å²) in [5.74, 6) is 0.184. The molecule has 3 aromatic rings. The Morgan fingerprint density at radius 2 is 1.73 bits per heavy atom. The number of halogens is 3. The van der Waals surface area contributed by atoms with Crippen LogP contribution in [0.2, 0.25) is 15.1 Å². The quantitative estimate of drug-likeness (QED) is 0.371. The lowest BCUT2D eigenvalue weighted by Crippen LogP contribution is -2.33. The van der Waals surface area contributed by atoms with E-state index in [0.29, 0.717) is 37.3 Å². The Hall–Kier alpha value is -2.26. The molecule has 0 spiro atoms. The SMILES string of the molecule is CC(C)[C@@H](NC(=O)c1ccccc1Cl)c1nnc(SCC(=O)Nc2cc(Cl)cc(Cl)c2)n1C. The van der Waals surface area contributed by atoms with Gasteiger partial charge in [-0.05, 0) is 36.2 Å². The van der Waals surface area contributed by atoms with Gasteiger partial charge in [0, 0.05) is 22.8 Å². The van der Waals surface area contributed by atoms with Gasteiger partial charge in [0.15, 0.2) is 11.0 Å². The average Bonchev–Trinajstić information content (AvgIpc) is 3.09. The summed E-state index contributed by atoms with van der Waals surface area (Å²) in [4.78, 5) is 25.1. The van der Waals surface area contributed by atoms with Gasteiger partial charge in [-0.25, -0.2) is 0 Å². The number of carbonyl (C=O) groups is 2. The molecular weight excluding hydrogens is 505 g/mol. The van der Waals surface area contributed by atoms with E-state index in [2.05, 4.69) is 20.8 Å². The minimum atomic E-state index is -0.400. The molecule has 1 heterocycles. The lowest BCUT2D eigenvalue weighted by atomic mass is 10.0. The fraction of sp³-hybridized carbons (Fsp3) is 0.273. The first-order valence-electron chi connectivity index (χ1n) is 9.99. The van der Waals surface area contributed by atoms with E-state index in [1.165, 1.54) is 11.8 Å². The van der Waals surface area contributed by atoms with Crippen molar-refractivity contribution in [1.82, 2.24) is 20.1 Å². The number of nitrogens with zero attached hydrogens (tertiary/aromatic N) is 3. The van der Waals surface area contributed by atoms with Crippen molar-refractivity contribution in [2.75, 3.05) is 11.1 Å². The first-order chi connectivity index (χ1) is 15.7. The summed E-state index contributed by atoms with van der Waals surface area (Å²) in [5, 5.41) is 16.0. The number of benzene rings is 2. The van der Waals surface area contributed by atoms with Crippen LogP contribution in [0.15, 0.2) is 47.6 Å². The second kappa shape index (κ2) is 11.2. The van der Waals surface area contributed by atoms with Gasteiger partial charge in [0.1, 0.15) is 0 Å². The van der Waals surface area contributed by atoms with Crippen molar-refractivity contribution in [3.8, 4) is 0 Å². The van der Waals surface area contributed by atoms with Gasteiger partial charge in [0.25, 0.3) is 5.91 Å². The lowest BCUT2D eigenvalue weighted by molar-refractivity contribution is -0.113. The molecule has 2 N–H and O–H groups in total. The van der Waals surface area contributed by atoms with E-state index in [1.807, 2.05) is 13.8 Å². The molecule has 1 atom stereocenters. The van der Waals surface area contributed by atoms with E-state index >= 15 is 0 Å². The van der Waals surface area contributed by atoms with E-state index < -0.39 is 6.04 Å². The van der Waals surface area contributed by atoms with E-state index in [9.17, 15) is 9.59 Å². The predicted octanol–water partition coefficient (Wildman–Crippen LogP) is 5.63. The highest BCUT2D eigenvalue weighted by molar-refractivity contribution is 7.99. The maximum absolute atomic E-state index is 12.8. The fourth-order valence-electron chi connectivity index (χ4n) is 3.07. The van der Waals surface area contributed by atoms with Gasteiger partial charge in [-0.3, -0.25) is 9.59 Å². The number of amides is 2. The predicted molar refractivity (Wildman–Crippen MR) is 133 cm³/mol. The number of nitrogens with one attached hydrogen (secondary N) is 2. The van der Waals surface area contributed by atoms with Crippen LogP contribution in [0.3, 0.4) is 0 Å². The molecule has 7 nitrogen and oxygen atoms in total. The molecular formula is C22H22Cl3N5O2S. The van der Waals surface area contributed by atoms with Crippen molar-refractivity contribution in [2.24, 2.45) is 13.0 Å². The fourth-order valence-corrected chi connectivity index (χ4v) is 4.54. The first-order valence-corrected chi connectivity index (χ1v) is 12.1. The van der Waals surface area contributed by atoms with Crippen LogP contribution in [0.1, 0.15) is 36.1 Å². The molecule has 0 saturated carbocycles. The molecule has 0 unspecified atom stereocenters. The largest absolute Gasteiger partial charge is 0.342 e. The van der Waals surface area contributed by atoms with Crippen molar-refractivity contribution in [3.05, 3.63) is 68.9 Å². The average molecular weight is 527 g/mol. The van der Waals surface area contributed by atoms with Crippen LogP contribution in [0.5, 0.6) is 0 Å².